The molecule has 4 rings (SSSR count). The Morgan fingerprint density at radius 3 is 2.57 bits per heavy atom. The number of ether oxygens (including phenoxy) is 3. The molecule has 1 aliphatic carbocycles. The molecule has 12 nitrogen and oxygen atoms in total. The van der Waals surface area contributed by atoms with E-state index in [-0.39, 0.29) is 31.9 Å². The monoisotopic (exact) mass is 634 g/mol. The number of amides is 1. The van der Waals surface area contributed by atoms with E-state index < -0.39 is 29.1 Å². The van der Waals surface area contributed by atoms with E-state index in [9.17, 15) is 9.59 Å². The Morgan fingerprint density at radius 2 is 1.87 bits per heavy atom. The molecular weight excluding hydrogens is 588 g/mol. The Morgan fingerprint density at radius 1 is 1.13 bits per heavy atom. The third-order valence-electron chi connectivity index (χ3n) is 8.12. The number of hydrazine groups is 1. The average Bonchev–Trinajstić information content (AvgIpc) is 3.44. The predicted molar refractivity (Wildman–Crippen MR) is 174 cm³/mol. The highest BCUT2D eigenvalue weighted by Gasteiger charge is 2.54. The highest BCUT2D eigenvalue weighted by atomic mass is 16.6. The topological polar surface area (TPSA) is 167 Å². The van der Waals surface area contributed by atoms with E-state index in [0.29, 0.717) is 47.9 Å². The summed E-state index contributed by atoms with van der Waals surface area (Å²) in [7, 11) is 0. The number of aliphatic hydroxyl groups excluding tert-OH is 1. The van der Waals surface area contributed by atoms with Gasteiger partial charge in [0.05, 0.1) is 13.2 Å². The summed E-state index contributed by atoms with van der Waals surface area (Å²) < 4.78 is 17.8. The van der Waals surface area contributed by atoms with Crippen molar-refractivity contribution in [2.45, 2.75) is 95.9 Å². The van der Waals surface area contributed by atoms with Gasteiger partial charge in [0.25, 0.3) is 5.91 Å². The van der Waals surface area contributed by atoms with Gasteiger partial charge >= 0.3 is 5.97 Å². The van der Waals surface area contributed by atoms with E-state index in [1.807, 2.05) is 24.3 Å². The Hall–Kier alpha value is -4.12. The van der Waals surface area contributed by atoms with Crippen molar-refractivity contribution in [1.82, 2.24) is 10.9 Å². The van der Waals surface area contributed by atoms with Gasteiger partial charge in [0.2, 0.25) is 5.90 Å². The molecule has 0 bridgehead atoms. The molecule has 1 amide bonds. The Bertz CT molecular complexity index is 1400. The maximum Gasteiger partial charge on any atom is 0.306 e. The molecule has 1 saturated carbocycles. The molecule has 248 valence electrons. The van der Waals surface area contributed by atoms with Crippen molar-refractivity contribution in [2.24, 2.45) is 16.0 Å². The number of aliphatic hydroxyl groups is 1. The lowest BCUT2D eigenvalue weighted by molar-refractivity contribution is -0.155. The maximum atomic E-state index is 14.4. The Balaban J connectivity index is 1.72. The van der Waals surface area contributed by atoms with Crippen molar-refractivity contribution < 1.29 is 28.9 Å². The second kappa shape index (κ2) is 16.4. The first kappa shape index (κ1) is 34.7. The summed E-state index contributed by atoms with van der Waals surface area (Å²) in [6, 6.07) is 14.4. The zero-order valence-corrected chi connectivity index (χ0v) is 27.0. The normalized spacial score (nSPS) is 19.8. The van der Waals surface area contributed by atoms with Crippen LogP contribution in [0.1, 0.15) is 94.9 Å². The van der Waals surface area contributed by atoms with E-state index in [1.165, 1.54) is 19.3 Å². The number of carbonyl (C=O) groups excluding carboxylic acids is 2. The van der Waals surface area contributed by atoms with Crippen molar-refractivity contribution >= 4 is 17.8 Å². The second-order valence-corrected chi connectivity index (χ2v) is 12.8. The Labute approximate surface area is 270 Å². The summed E-state index contributed by atoms with van der Waals surface area (Å²) in [6.45, 7) is 6.47. The number of nitrogens with zero attached hydrogens (tertiary/aromatic N) is 4. The summed E-state index contributed by atoms with van der Waals surface area (Å²) in [6.07, 6.45) is 5.29. The van der Waals surface area contributed by atoms with Gasteiger partial charge in [-0.25, -0.2) is 10.4 Å². The average molecular weight is 635 g/mol. The first-order valence-electron chi connectivity index (χ1n) is 16.1. The molecule has 0 saturated heterocycles. The van der Waals surface area contributed by atoms with Crippen LogP contribution in [0.2, 0.25) is 0 Å². The van der Waals surface area contributed by atoms with Crippen LogP contribution < -0.4 is 15.6 Å². The number of azide groups is 1. The van der Waals surface area contributed by atoms with Gasteiger partial charge in [-0.2, -0.15) is 0 Å². The van der Waals surface area contributed by atoms with Gasteiger partial charge in [0, 0.05) is 36.5 Å². The van der Waals surface area contributed by atoms with Crippen LogP contribution in [0.25, 0.3) is 10.4 Å². The summed E-state index contributed by atoms with van der Waals surface area (Å²) in [5.41, 5.74) is 14.8. The third kappa shape index (κ3) is 9.45. The van der Waals surface area contributed by atoms with Gasteiger partial charge in [-0.1, -0.05) is 48.6 Å². The summed E-state index contributed by atoms with van der Waals surface area (Å²) >= 11 is 0. The zero-order valence-electron chi connectivity index (χ0n) is 27.0. The van der Waals surface area contributed by atoms with Gasteiger partial charge in [0.15, 0.2) is 11.6 Å². The van der Waals surface area contributed by atoms with Crippen LogP contribution in [0.4, 0.5) is 0 Å². The van der Waals surface area contributed by atoms with Gasteiger partial charge in [-0.05, 0) is 86.9 Å². The van der Waals surface area contributed by atoms with Crippen LogP contribution in [-0.4, -0.2) is 53.8 Å². The molecule has 0 radical (unpaired) electrons. The third-order valence-corrected chi connectivity index (χ3v) is 8.12. The predicted octanol–water partition coefficient (Wildman–Crippen LogP) is 5.84. The number of benzene rings is 2. The molecule has 12 heteroatoms. The number of nitrogens with one attached hydrogen (secondary N) is 2. The number of hydrogen-bond acceptors (Lipinski definition) is 9. The molecule has 3 N–H and O–H groups in total. The van der Waals surface area contributed by atoms with Crippen LogP contribution in [0.5, 0.6) is 5.75 Å². The van der Waals surface area contributed by atoms with E-state index in [1.54, 1.807) is 45.0 Å². The van der Waals surface area contributed by atoms with E-state index in [0.717, 1.165) is 12.8 Å². The lowest BCUT2D eigenvalue weighted by atomic mass is 9.82. The van der Waals surface area contributed by atoms with Gasteiger partial charge < -0.3 is 19.3 Å². The number of rotatable bonds is 15. The zero-order chi connectivity index (χ0) is 33.0. The molecule has 1 fully saturated rings. The van der Waals surface area contributed by atoms with E-state index in [2.05, 4.69) is 20.9 Å². The largest absolute Gasteiger partial charge is 0.494 e. The molecule has 0 aromatic heterocycles. The standard InChI is InChI=1S/C34H46N6O6/c1-33(2,3)46-29(42)18-19-34(32(43)39-36-22-24-10-5-4-6-11-24)30(28-13-8-7-12-26(28)23-37-40-35)45-31(38-34)25-14-16-27(17-15-25)44-21-9-20-41/h7-8,12-17,24,30,36,41H,4-6,9-11,18-23H2,1-3H3,(H,39,43)/t30-,34-/m0/s1. The van der Waals surface area contributed by atoms with Crippen LogP contribution in [0.15, 0.2) is 58.6 Å². The number of esters is 1. The van der Waals surface area contributed by atoms with Gasteiger partial charge in [0.1, 0.15) is 11.4 Å². The fraction of sp³-hybridized carbons (Fsp3) is 0.559. The molecular formula is C34H46N6O6. The summed E-state index contributed by atoms with van der Waals surface area (Å²) in [5.74, 6) is 0.424. The molecule has 46 heavy (non-hydrogen) atoms. The first-order chi connectivity index (χ1) is 22.1. The van der Waals surface area contributed by atoms with E-state index in [4.69, 9.17) is 29.8 Å². The van der Waals surface area contributed by atoms with Crippen molar-refractivity contribution in [3.05, 3.63) is 75.7 Å². The Kier molecular flexibility index (Phi) is 12.4. The smallest absolute Gasteiger partial charge is 0.306 e. The van der Waals surface area contributed by atoms with Crippen LogP contribution in [0, 0.1) is 5.92 Å². The molecule has 0 spiro atoms. The minimum atomic E-state index is -1.56. The van der Waals surface area contributed by atoms with Crippen molar-refractivity contribution in [3.63, 3.8) is 0 Å². The molecule has 0 unspecified atom stereocenters. The number of aliphatic imine (C=N–C) groups is 1. The lowest BCUT2D eigenvalue weighted by Crippen LogP contribution is -2.53. The number of carbonyl (C=O) groups is 2. The summed E-state index contributed by atoms with van der Waals surface area (Å²) in [5, 5.41) is 12.8. The molecule has 2 aromatic rings. The van der Waals surface area contributed by atoms with Crippen molar-refractivity contribution in [2.75, 3.05) is 19.8 Å². The highest BCUT2D eigenvalue weighted by Crippen LogP contribution is 2.44. The van der Waals surface area contributed by atoms with Crippen LogP contribution in [0.3, 0.4) is 0 Å². The molecule has 2 aromatic carbocycles. The molecule has 1 aliphatic heterocycles. The summed E-state index contributed by atoms with van der Waals surface area (Å²) in [4.78, 5) is 35.3. The van der Waals surface area contributed by atoms with Crippen LogP contribution >= 0.6 is 0 Å². The highest BCUT2D eigenvalue weighted by molar-refractivity contribution is 6.01. The van der Waals surface area contributed by atoms with Crippen molar-refractivity contribution in [1.29, 1.82) is 0 Å². The minimum absolute atomic E-state index is 0.00519. The van der Waals surface area contributed by atoms with Gasteiger partial charge in [-0.15, -0.1) is 0 Å². The first-order valence-corrected chi connectivity index (χ1v) is 16.1. The molecule has 1 heterocycles. The van der Waals surface area contributed by atoms with E-state index >= 15 is 0 Å². The SMILES string of the molecule is CC(C)(C)OC(=O)CC[C@]1(C(=O)NNCC2CCCCC2)N=C(c2ccc(OCCCO)cc2)O[C@H]1c1ccccc1CN=[N+]=[N-]. The number of hydrogen-bond donors (Lipinski definition) is 3. The molecule has 2 atom stereocenters. The maximum absolute atomic E-state index is 14.4. The lowest BCUT2D eigenvalue weighted by Gasteiger charge is -2.32. The molecule has 2 aliphatic rings. The minimum Gasteiger partial charge on any atom is -0.494 e. The van der Waals surface area contributed by atoms with Gasteiger partial charge in [-0.3, -0.25) is 15.0 Å². The second-order valence-electron chi connectivity index (χ2n) is 12.8. The quantitative estimate of drug-likeness (QED) is 0.0553. The fourth-order valence-electron chi connectivity index (χ4n) is 5.85. The van der Waals surface area contributed by atoms with Crippen molar-refractivity contribution in [3.8, 4) is 5.75 Å². The van der Waals surface area contributed by atoms with Crippen LogP contribution in [-0.2, 0) is 25.6 Å². The fourth-order valence-corrected chi connectivity index (χ4v) is 5.85.